The number of likely N-dealkylation sites (N-methyl/N-ethyl adjacent to an activating group) is 1. The number of nitrogens with zero attached hydrogens (tertiary/aromatic N) is 1. The van der Waals surface area contributed by atoms with Crippen LogP contribution in [0.4, 0.5) is 0 Å². The zero-order valence-corrected chi connectivity index (χ0v) is 17.1. The van der Waals surface area contributed by atoms with E-state index >= 15 is 0 Å². The smallest absolute Gasteiger partial charge is 0.252 e. The topological polar surface area (TPSA) is 67.9 Å². The quantitative estimate of drug-likeness (QED) is 0.757. The molecule has 1 aromatic carbocycles. The minimum atomic E-state index is -0.568. The number of hydrogen-bond acceptors (Lipinski definition) is 4. The van der Waals surface area contributed by atoms with E-state index in [1.807, 2.05) is 20.9 Å². The van der Waals surface area contributed by atoms with Gasteiger partial charge in [-0.15, -0.1) is 0 Å². The lowest BCUT2D eigenvalue weighted by molar-refractivity contribution is -0.133. The van der Waals surface area contributed by atoms with Gasteiger partial charge in [-0.1, -0.05) is 26.7 Å². The first-order valence-corrected chi connectivity index (χ1v) is 9.64. The van der Waals surface area contributed by atoms with Crippen molar-refractivity contribution >= 4 is 11.8 Å². The van der Waals surface area contributed by atoms with E-state index in [-0.39, 0.29) is 17.7 Å². The Balaban J connectivity index is 2.10. The van der Waals surface area contributed by atoms with Gasteiger partial charge in [0.05, 0.1) is 14.2 Å². The van der Waals surface area contributed by atoms with Gasteiger partial charge in [0.2, 0.25) is 5.91 Å². The summed E-state index contributed by atoms with van der Waals surface area (Å²) >= 11 is 0. The van der Waals surface area contributed by atoms with E-state index in [1.54, 1.807) is 23.1 Å². The molecule has 6 nitrogen and oxygen atoms in total. The molecule has 1 aliphatic carbocycles. The highest BCUT2D eigenvalue weighted by molar-refractivity contribution is 5.98. The van der Waals surface area contributed by atoms with E-state index in [2.05, 4.69) is 5.32 Å². The van der Waals surface area contributed by atoms with Crippen LogP contribution in [0.1, 0.15) is 49.9 Å². The van der Waals surface area contributed by atoms with Crippen molar-refractivity contribution in [3.63, 3.8) is 0 Å². The Morgan fingerprint density at radius 2 is 1.67 bits per heavy atom. The maximum atomic E-state index is 12.9. The van der Waals surface area contributed by atoms with Crippen LogP contribution in [0.25, 0.3) is 0 Å². The van der Waals surface area contributed by atoms with E-state index < -0.39 is 6.04 Å². The molecular formula is C21H32N2O4. The average molecular weight is 376 g/mol. The molecule has 2 rings (SSSR count). The van der Waals surface area contributed by atoms with E-state index in [4.69, 9.17) is 9.47 Å². The van der Waals surface area contributed by atoms with Crippen molar-refractivity contribution in [2.24, 2.45) is 11.8 Å². The number of amides is 2. The van der Waals surface area contributed by atoms with Gasteiger partial charge in [0.1, 0.15) is 17.5 Å². The Kier molecular flexibility index (Phi) is 7.51. The third-order valence-corrected chi connectivity index (χ3v) is 5.22. The van der Waals surface area contributed by atoms with Crippen molar-refractivity contribution in [1.82, 2.24) is 10.2 Å². The minimum absolute atomic E-state index is 0.0139. The van der Waals surface area contributed by atoms with Gasteiger partial charge < -0.3 is 19.7 Å². The van der Waals surface area contributed by atoms with Gasteiger partial charge in [0.15, 0.2) is 0 Å². The summed E-state index contributed by atoms with van der Waals surface area (Å²) in [5, 5.41) is 2.90. The molecule has 0 aliphatic heterocycles. The maximum Gasteiger partial charge on any atom is 0.252 e. The highest BCUT2D eigenvalue weighted by Gasteiger charge is 2.29. The second kappa shape index (κ2) is 9.62. The van der Waals surface area contributed by atoms with Crippen molar-refractivity contribution in [1.29, 1.82) is 0 Å². The third-order valence-electron chi connectivity index (χ3n) is 5.22. The highest BCUT2D eigenvalue weighted by atomic mass is 16.5. The van der Waals surface area contributed by atoms with Crippen LogP contribution in [-0.4, -0.2) is 50.6 Å². The molecule has 2 amide bonds. The lowest BCUT2D eigenvalue weighted by atomic mass is 10.0. The van der Waals surface area contributed by atoms with Crippen LogP contribution in [0, 0.1) is 11.8 Å². The predicted octanol–water partition coefficient (Wildman–Crippen LogP) is 3.11. The molecule has 0 saturated heterocycles. The first kappa shape index (κ1) is 21.1. The van der Waals surface area contributed by atoms with Gasteiger partial charge >= 0.3 is 0 Å². The number of rotatable bonds is 8. The zero-order valence-electron chi connectivity index (χ0n) is 17.1. The Labute approximate surface area is 162 Å². The van der Waals surface area contributed by atoms with Crippen LogP contribution in [0.15, 0.2) is 18.2 Å². The van der Waals surface area contributed by atoms with E-state index in [1.165, 1.54) is 39.9 Å². The Bertz CT molecular complexity index is 631. The van der Waals surface area contributed by atoms with Gasteiger partial charge in [-0.2, -0.15) is 0 Å². The summed E-state index contributed by atoms with van der Waals surface area (Å²) in [6.45, 7) is 4.64. The molecular weight excluding hydrogens is 344 g/mol. The highest BCUT2D eigenvalue weighted by Crippen LogP contribution is 2.26. The summed E-state index contributed by atoms with van der Waals surface area (Å²) in [6, 6.07) is 4.42. The van der Waals surface area contributed by atoms with E-state index in [0.29, 0.717) is 23.0 Å². The molecule has 1 unspecified atom stereocenters. The van der Waals surface area contributed by atoms with Crippen LogP contribution in [0.3, 0.4) is 0 Å². The number of hydrogen-bond donors (Lipinski definition) is 1. The van der Waals surface area contributed by atoms with Crippen molar-refractivity contribution in [2.75, 3.05) is 27.8 Å². The van der Waals surface area contributed by atoms with Crippen LogP contribution in [0.5, 0.6) is 11.5 Å². The normalized spacial score (nSPS) is 15.5. The molecule has 1 fully saturated rings. The molecule has 0 heterocycles. The summed E-state index contributed by atoms with van der Waals surface area (Å²) in [4.78, 5) is 27.5. The number of carbonyl (C=O) groups is 2. The fourth-order valence-electron chi connectivity index (χ4n) is 3.58. The largest absolute Gasteiger partial charge is 0.497 e. The first-order valence-electron chi connectivity index (χ1n) is 9.64. The molecule has 0 spiro atoms. The monoisotopic (exact) mass is 376 g/mol. The van der Waals surface area contributed by atoms with Gasteiger partial charge in [0.25, 0.3) is 5.91 Å². The lowest BCUT2D eigenvalue weighted by Crippen LogP contribution is -2.51. The molecule has 6 heteroatoms. The van der Waals surface area contributed by atoms with Crippen LogP contribution in [0.2, 0.25) is 0 Å². The third kappa shape index (κ3) is 5.62. The first-order chi connectivity index (χ1) is 12.8. The summed E-state index contributed by atoms with van der Waals surface area (Å²) in [5.41, 5.74) is 0.406. The summed E-state index contributed by atoms with van der Waals surface area (Å²) in [6.07, 6.45) is 4.85. The molecule has 0 bridgehead atoms. The lowest BCUT2D eigenvalue weighted by Gasteiger charge is -2.29. The fraction of sp³-hybridized carbons (Fsp3) is 0.619. The second-order valence-corrected chi connectivity index (χ2v) is 7.67. The van der Waals surface area contributed by atoms with Crippen molar-refractivity contribution in [3.8, 4) is 11.5 Å². The van der Waals surface area contributed by atoms with Crippen LogP contribution >= 0.6 is 0 Å². The van der Waals surface area contributed by atoms with Crippen molar-refractivity contribution in [3.05, 3.63) is 23.8 Å². The van der Waals surface area contributed by atoms with E-state index in [0.717, 1.165) is 6.54 Å². The average Bonchev–Trinajstić information content (AvgIpc) is 3.17. The van der Waals surface area contributed by atoms with Gasteiger partial charge in [0, 0.05) is 25.2 Å². The van der Waals surface area contributed by atoms with Gasteiger partial charge in [-0.25, -0.2) is 0 Å². The summed E-state index contributed by atoms with van der Waals surface area (Å²) in [7, 11) is 4.90. The molecule has 1 N–H and O–H groups in total. The minimum Gasteiger partial charge on any atom is -0.497 e. The molecule has 0 aromatic heterocycles. The fourth-order valence-corrected chi connectivity index (χ4v) is 3.58. The van der Waals surface area contributed by atoms with Gasteiger partial charge in [-0.05, 0) is 36.8 Å². The van der Waals surface area contributed by atoms with Crippen molar-refractivity contribution in [2.45, 2.75) is 45.6 Å². The second-order valence-electron chi connectivity index (χ2n) is 7.67. The zero-order chi connectivity index (χ0) is 20.0. The summed E-state index contributed by atoms with van der Waals surface area (Å²) < 4.78 is 10.4. The SMILES string of the molecule is COc1cc(OC)cc(C(=O)NC(C(=O)N(C)CC2CCCC2)C(C)C)c1. The molecule has 1 saturated carbocycles. The Morgan fingerprint density at radius 1 is 1.11 bits per heavy atom. The van der Waals surface area contributed by atoms with Crippen LogP contribution < -0.4 is 14.8 Å². The van der Waals surface area contributed by atoms with Crippen LogP contribution in [-0.2, 0) is 4.79 Å². The predicted molar refractivity (Wildman–Crippen MR) is 105 cm³/mol. The molecule has 1 aliphatic rings. The number of nitrogens with one attached hydrogen (secondary N) is 1. The van der Waals surface area contributed by atoms with Gasteiger partial charge in [-0.3, -0.25) is 9.59 Å². The summed E-state index contributed by atoms with van der Waals surface area (Å²) in [5.74, 6) is 1.27. The molecule has 1 atom stereocenters. The van der Waals surface area contributed by atoms with E-state index in [9.17, 15) is 9.59 Å². The number of carbonyl (C=O) groups excluding carboxylic acids is 2. The Morgan fingerprint density at radius 3 is 2.15 bits per heavy atom. The molecule has 27 heavy (non-hydrogen) atoms. The molecule has 150 valence electrons. The standard InChI is InChI=1S/C21H32N2O4/c1-14(2)19(21(25)23(3)13-15-8-6-7-9-15)22-20(24)16-10-17(26-4)12-18(11-16)27-5/h10-12,14-15,19H,6-9,13H2,1-5H3,(H,22,24). The Hall–Kier alpha value is -2.24. The van der Waals surface area contributed by atoms with Crippen molar-refractivity contribution < 1.29 is 19.1 Å². The maximum absolute atomic E-state index is 12.9. The molecule has 0 radical (unpaired) electrons. The number of ether oxygens (including phenoxy) is 2. The molecule has 1 aromatic rings. The number of methoxy groups -OCH3 is 2. The number of benzene rings is 1.